The summed E-state index contributed by atoms with van der Waals surface area (Å²) >= 11 is 0. The van der Waals surface area contributed by atoms with E-state index in [1.165, 1.54) is 11.6 Å². The lowest BCUT2D eigenvalue weighted by molar-refractivity contribution is -0.150. The van der Waals surface area contributed by atoms with Gasteiger partial charge in [0.15, 0.2) is 0 Å². The van der Waals surface area contributed by atoms with Crippen LogP contribution in [0.5, 0.6) is 0 Å². The quantitative estimate of drug-likeness (QED) is 0.603. The monoisotopic (exact) mass is 245 g/mol. The molecule has 0 aromatic heterocycles. The van der Waals surface area contributed by atoms with Crippen molar-refractivity contribution in [2.24, 2.45) is 0 Å². The van der Waals surface area contributed by atoms with Crippen molar-refractivity contribution in [2.75, 3.05) is 6.54 Å². The highest BCUT2D eigenvalue weighted by Gasteiger charge is 2.20. The maximum absolute atomic E-state index is 10.8. The summed E-state index contributed by atoms with van der Waals surface area (Å²) in [6.07, 6.45) is 4.41. The molecule has 1 unspecified atom stereocenters. The van der Waals surface area contributed by atoms with Crippen LogP contribution in [0, 0.1) is 0 Å². The summed E-state index contributed by atoms with van der Waals surface area (Å²) in [5, 5.41) is 12.4. The Hall–Kier alpha value is -2.07. The van der Waals surface area contributed by atoms with Gasteiger partial charge in [-0.15, -0.1) is 0 Å². The second-order valence-corrected chi connectivity index (χ2v) is 3.96. The molecule has 4 nitrogen and oxygen atoms in total. The number of carbonyl (C=O) groups is 1. The van der Waals surface area contributed by atoms with Crippen LogP contribution in [0.3, 0.4) is 0 Å². The Balaban J connectivity index is 1.73. The molecule has 94 valence electrons. The third-order valence-corrected chi connectivity index (χ3v) is 2.59. The van der Waals surface area contributed by atoms with Gasteiger partial charge in [0.05, 0.1) is 0 Å². The lowest BCUT2D eigenvalue weighted by Gasteiger charge is -2.03. The molecule has 0 aliphatic carbocycles. The molecule has 4 heteroatoms. The number of aliphatic hydroxyl groups excluding tert-OH is 1. The van der Waals surface area contributed by atoms with Gasteiger partial charge in [0.2, 0.25) is 6.29 Å². The summed E-state index contributed by atoms with van der Waals surface area (Å²) in [6, 6.07) is 10.1. The minimum atomic E-state index is -1.13. The highest BCUT2D eigenvalue weighted by molar-refractivity contribution is 5.86. The van der Waals surface area contributed by atoms with Crippen molar-refractivity contribution in [3.05, 3.63) is 59.8 Å². The SMILES string of the molecule is O=C1C=C(C=CNCCc2ccccc2)C(O)O1. The van der Waals surface area contributed by atoms with Gasteiger partial charge in [-0.2, -0.15) is 0 Å². The Morgan fingerprint density at radius 2 is 2.11 bits per heavy atom. The van der Waals surface area contributed by atoms with Gasteiger partial charge in [-0.1, -0.05) is 30.3 Å². The second-order valence-electron chi connectivity index (χ2n) is 3.96. The van der Waals surface area contributed by atoms with E-state index in [2.05, 4.69) is 22.2 Å². The highest BCUT2D eigenvalue weighted by Crippen LogP contribution is 2.13. The van der Waals surface area contributed by atoms with E-state index < -0.39 is 12.3 Å². The van der Waals surface area contributed by atoms with Crippen LogP contribution in [-0.4, -0.2) is 23.9 Å². The van der Waals surface area contributed by atoms with Crippen molar-refractivity contribution < 1.29 is 14.6 Å². The fourth-order valence-corrected chi connectivity index (χ4v) is 1.65. The van der Waals surface area contributed by atoms with Crippen LogP contribution in [0.1, 0.15) is 5.56 Å². The molecule has 1 aliphatic heterocycles. The van der Waals surface area contributed by atoms with E-state index in [0.717, 1.165) is 13.0 Å². The molecule has 0 saturated carbocycles. The maximum atomic E-state index is 10.8. The number of hydrogen-bond donors (Lipinski definition) is 2. The minimum absolute atomic E-state index is 0.465. The summed E-state index contributed by atoms with van der Waals surface area (Å²) < 4.78 is 4.55. The number of aliphatic hydroxyl groups is 1. The summed E-state index contributed by atoms with van der Waals surface area (Å²) in [7, 11) is 0. The molecule has 0 amide bonds. The maximum Gasteiger partial charge on any atom is 0.333 e. The number of nitrogens with one attached hydrogen (secondary N) is 1. The Labute approximate surface area is 106 Å². The number of cyclic esters (lactones) is 1. The molecular weight excluding hydrogens is 230 g/mol. The summed E-state index contributed by atoms with van der Waals surface area (Å²) in [5.41, 5.74) is 1.73. The lowest BCUT2D eigenvalue weighted by Crippen LogP contribution is -2.11. The molecule has 1 heterocycles. The number of benzene rings is 1. The summed E-state index contributed by atoms with van der Waals surface area (Å²) in [6.45, 7) is 0.790. The molecule has 2 N–H and O–H groups in total. The van der Waals surface area contributed by atoms with Gasteiger partial charge in [-0.05, 0) is 24.3 Å². The first-order valence-corrected chi connectivity index (χ1v) is 5.80. The Bertz CT molecular complexity index is 465. The van der Waals surface area contributed by atoms with Crippen LogP contribution in [0.15, 0.2) is 54.3 Å². The molecule has 0 bridgehead atoms. The van der Waals surface area contributed by atoms with Gasteiger partial charge in [0.1, 0.15) is 0 Å². The predicted octanol–water partition coefficient (Wildman–Crippen LogP) is 1.13. The normalized spacial score (nSPS) is 18.8. The smallest absolute Gasteiger partial charge is 0.333 e. The standard InChI is InChI=1S/C14H15NO3/c16-13-10-12(14(17)18-13)7-9-15-8-6-11-4-2-1-3-5-11/h1-5,7,9-10,14-15,17H,6,8H2. The van der Waals surface area contributed by atoms with Gasteiger partial charge >= 0.3 is 5.97 Å². The molecule has 1 aliphatic rings. The van der Waals surface area contributed by atoms with Crippen molar-refractivity contribution in [1.29, 1.82) is 0 Å². The third-order valence-electron chi connectivity index (χ3n) is 2.59. The zero-order chi connectivity index (χ0) is 12.8. The van der Waals surface area contributed by atoms with Crippen molar-refractivity contribution in [2.45, 2.75) is 12.7 Å². The molecule has 0 radical (unpaired) electrons. The van der Waals surface area contributed by atoms with Crippen LogP contribution < -0.4 is 5.32 Å². The molecular formula is C14H15NO3. The topological polar surface area (TPSA) is 58.6 Å². The zero-order valence-corrected chi connectivity index (χ0v) is 9.87. The van der Waals surface area contributed by atoms with E-state index in [1.807, 2.05) is 18.2 Å². The summed E-state index contributed by atoms with van der Waals surface area (Å²) in [4.78, 5) is 10.8. The van der Waals surface area contributed by atoms with Crippen molar-refractivity contribution in [3.8, 4) is 0 Å². The number of carbonyl (C=O) groups excluding carboxylic acids is 1. The number of esters is 1. The van der Waals surface area contributed by atoms with Crippen LogP contribution in [0.25, 0.3) is 0 Å². The van der Waals surface area contributed by atoms with Crippen molar-refractivity contribution in [3.63, 3.8) is 0 Å². The van der Waals surface area contributed by atoms with Crippen molar-refractivity contribution >= 4 is 5.97 Å². The van der Waals surface area contributed by atoms with E-state index in [-0.39, 0.29) is 0 Å². The van der Waals surface area contributed by atoms with Crippen LogP contribution in [-0.2, 0) is 16.0 Å². The summed E-state index contributed by atoms with van der Waals surface area (Å²) in [5.74, 6) is -0.508. The van der Waals surface area contributed by atoms with E-state index >= 15 is 0 Å². The first-order chi connectivity index (χ1) is 8.75. The number of rotatable bonds is 5. The van der Waals surface area contributed by atoms with E-state index in [1.54, 1.807) is 12.3 Å². The zero-order valence-electron chi connectivity index (χ0n) is 9.87. The molecule has 18 heavy (non-hydrogen) atoms. The van der Waals surface area contributed by atoms with Crippen molar-refractivity contribution in [1.82, 2.24) is 5.32 Å². The third kappa shape index (κ3) is 3.46. The van der Waals surface area contributed by atoms with Gasteiger partial charge in [-0.25, -0.2) is 4.79 Å². The van der Waals surface area contributed by atoms with E-state index in [9.17, 15) is 9.90 Å². The van der Waals surface area contributed by atoms with Crippen LogP contribution in [0.2, 0.25) is 0 Å². The molecule has 0 spiro atoms. The molecule has 0 fully saturated rings. The molecule has 0 saturated heterocycles. The highest BCUT2D eigenvalue weighted by atomic mass is 16.6. The van der Waals surface area contributed by atoms with Gasteiger partial charge in [0.25, 0.3) is 0 Å². The van der Waals surface area contributed by atoms with E-state index in [0.29, 0.717) is 5.57 Å². The Kier molecular flexibility index (Phi) is 4.15. The van der Waals surface area contributed by atoms with Gasteiger partial charge < -0.3 is 15.2 Å². The fourth-order valence-electron chi connectivity index (χ4n) is 1.65. The van der Waals surface area contributed by atoms with E-state index in [4.69, 9.17) is 0 Å². The van der Waals surface area contributed by atoms with Crippen LogP contribution >= 0.6 is 0 Å². The first-order valence-electron chi connectivity index (χ1n) is 5.80. The Morgan fingerprint density at radius 3 is 2.78 bits per heavy atom. The number of ether oxygens (including phenoxy) is 1. The lowest BCUT2D eigenvalue weighted by atomic mass is 10.1. The molecule has 1 atom stereocenters. The molecule has 1 aromatic rings. The average molecular weight is 245 g/mol. The average Bonchev–Trinajstić information content (AvgIpc) is 2.69. The minimum Gasteiger partial charge on any atom is -0.428 e. The van der Waals surface area contributed by atoms with Gasteiger partial charge in [0, 0.05) is 18.2 Å². The number of hydrogen-bond acceptors (Lipinski definition) is 4. The second kappa shape index (κ2) is 6.02. The van der Waals surface area contributed by atoms with Gasteiger partial charge in [-0.3, -0.25) is 0 Å². The largest absolute Gasteiger partial charge is 0.428 e. The molecule has 1 aromatic carbocycles. The molecule has 2 rings (SSSR count). The first kappa shape index (κ1) is 12.4. The fraction of sp³-hybridized carbons (Fsp3) is 0.214. The van der Waals surface area contributed by atoms with Crippen LogP contribution in [0.4, 0.5) is 0 Å². The Morgan fingerprint density at radius 1 is 1.33 bits per heavy atom. The predicted molar refractivity (Wildman–Crippen MR) is 67.5 cm³/mol.